The van der Waals surface area contributed by atoms with Gasteiger partial charge in [0.05, 0.1) is 6.04 Å². The van der Waals surface area contributed by atoms with Gasteiger partial charge < -0.3 is 5.73 Å². The molecule has 1 aliphatic rings. The Balaban J connectivity index is 2.23. The number of aromatic nitrogens is 1. The van der Waals surface area contributed by atoms with Crippen LogP contribution in [-0.2, 0) is 0 Å². The second-order valence-corrected chi connectivity index (χ2v) is 6.82. The molecule has 0 radical (unpaired) electrons. The molecule has 0 spiro atoms. The van der Waals surface area contributed by atoms with Crippen molar-refractivity contribution in [3.8, 4) is 0 Å². The van der Waals surface area contributed by atoms with Gasteiger partial charge in [-0.1, -0.05) is 33.8 Å². The highest BCUT2D eigenvalue weighted by atomic mass is 15.2. The molecule has 3 atom stereocenters. The Labute approximate surface area is 135 Å². The van der Waals surface area contributed by atoms with Crippen LogP contribution >= 0.6 is 0 Å². The minimum absolute atomic E-state index is 0.358. The van der Waals surface area contributed by atoms with E-state index < -0.39 is 0 Å². The zero-order valence-corrected chi connectivity index (χ0v) is 14.5. The molecule has 1 fully saturated rings. The summed E-state index contributed by atoms with van der Waals surface area (Å²) in [7, 11) is 0. The van der Waals surface area contributed by atoms with Gasteiger partial charge in [-0.25, -0.2) is 0 Å². The molecular weight excluding hydrogens is 270 g/mol. The number of likely N-dealkylation sites (tertiary alicyclic amines) is 1. The van der Waals surface area contributed by atoms with Crippen molar-refractivity contribution in [3.05, 3.63) is 41.9 Å². The van der Waals surface area contributed by atoms with E-state index >= 15 is 0 Å². The van der Waals surface area contributed by atoms with Crippen LogP contribution in [0.4, 0.5) is 0 Å². The number of nitrogens with two attached hydrogens (primary N) is 1. The van der Waals surface area contributed by atoms with E-state index in [9.17, 15) is 0 Å². The van der Waals surface area contributed by atoms with Crippen LogP contribution in [0.5, 0.6) is 0 Å². The van der Waals surface area contributed by atoms with Gasteiger partial charge in [-0.05, 0) is 55.3 Å². The van der Waals surface area contributed by atoms with Crippen molar-refractivity contribution in [1.82, 2.24) is 9.88 Å². The molecule has 2 heterocycles. The number of allylic oxidation sites excluding steroid dienone is 1. The fourth-order valence-electron chi connectivity index (χ4n) is 3.90. The summed E-state index contributed by atoms with van der Waals surface area (Å²) in [5.41, 5.74) is 8.85. The van der Waals surface area contributed by atoms with Crippen molar-refractivity contribution in [2.75, 3.05) is 6.54 Å². The second kappa shape index (κ2) is 7.77. The van der Waals surface area contributed by atoms with E-state index in [1.54, 1.807) is 0 Å². The highest BCUT2D eigenvalue weighted by molar-refractivity contribution is 5.19. The predicted molar refractivity (Wildman–Crippen MR) is 93.6 cm³/mol. The van der Waals surface area contributed by atoms with Crippen LogP contribution in [0.1, 0.15) is 58.4 Å². The highest BCUT2D eigenvalue weighted by Gasteiger charge is 2.36. The topological polar surface area (TPSA) is 42.1 Å². The quantitative estimate of drug-likeness (QED) is 0.865. The first-order valence-corrected chi connectivity index (χ1v) is 8.67. The third-order valence-electron chi connectivity index (χ3n) is 4.92. The van der Waals surface area contributed by atoms with Crippen LogP contribution in [-0.4, -0.2) is 28.5 Å². The van der Waals surface area contributed by atoms with Gasteiger partial charge in [0.1, 0.15) is 0 Å². The van der Waals surface area contributed by atoms with Gasteiger partial charge in [-0.3, -0.25) is 9.88 Å². The first kappa shape index (κ1) is 17.0. The lowest BCUT2D eigenvalue weighted by Crippen LogP contribution is -2.47. The molecule has 122 valence electrons. The summed E-state index contributed by atoms with van der Waals surface area (Å²) >= 11 is 0. The maximum absolute atomic E-state index is 6.42. The molecule has 0 amide bonds. The zero-order chi connectivity index (χ0) is 16.1. The van der Waals surface area contributed by atoms with E-state index in [-0.39, 0.29) is 0 Å². The number of hydrogen-bond donors (Lipinski definition) is 1. The third kappa shape index (κ3) is 3.70. The molecule has 1 aromatic rings. The first-order valence-electron chi connectivity index (χ1n) is 8.67. The lowest BCUT2D eigenvalue weighted by atomic mass is 9.89. The Bertz CT molecular complexity index is 481. The summed E-state index contributed by atoms with van der Waals surface area (Å²) in [6.45, 7) is 10.2. The summed E-state index contributed by atoms with van der Waals surface area (Å²) in [5.74, 6) is 1.05. The monoisotopic (exact) mass is 301 g/mol. The Morgan fingerprint density at radius 1 is 1.36 bits per heavy atom. The molecule has 3 heteroatoms. The Kier molecular flexibility index (Phi) is 6.01. The summed E-state index contributed by atoms with van der Waals surface area (Å²) in [5, 5.41) is 0. The molecule has 2 rings (SSSR count). The van der Waals surface area contributed by atoms with E-state index in [1.807, 2.05) is 12.4 Å². The summed E-state index contributed by atoms with van der Waals surface area (Å²) in [4.78, 5) is 6.80. The predicted octanol–water partition coefficient (Wildman–Crippen LogP) is 3.93. The molecule has 3 unspecified atom stereocenters. The molecule has 3 nitrogen and oxygen atoms in total. The maximum atomic E-state index is 6.42. The van der Waals surface area contributed by atoms with Crippen molar-refractivity contribution in [2.24, 2.45) is 11.7 Å². The molecule has 0 bridgehead atoms. The van der Waals surface area contributed by atoms with Gasteiger partial charge >= 0.3 is 0 Å². The van der Waals surface area contributed by atoms with E-state index in [0.717, 1.165) is 18.7 Å². The summed E-state index contributed by atoms with van der Waals surface area (Å²) in [6.07, 6.45) is 9.52. The zero-order valence-electron chi connectivity index (χ0n) is 14.5. The van der Waals surface area contributed by atoms with Gasteiger partial charge in [0.2, 0.25) is 0 Å². The van der Waals surface area contributed by atoms with Crippen molar-refractivity contribution >= 4 is 0 Å². The Hall–Kier alpha value is -1.35. The van der Waals surface area contributed by atoms with E-state index in [4.69, 9.17) is 5.73 Å². The van der Waals surface area contributed by atoms with Crippen LogP contribution in [0.15, 0.2) is 36.3 Å². The van der Waals surface area contributed by atoms with E-state index in [0.29, 0.717) is 23.9 Å². The van der Waals surface area contributed by atoms with Crippen LogP contribution in [0.25, 0.3) is 0 Å². The number of nitrogens with zero attached hydrogens (tertiary/aromatic N) is 2. The van der Waals surface area contributed by atoms with Crippen LogP contribution in [0.3, 0.4) is 0 Å². The van der Waals surface area contributed by atoms with Gasteiger partial charge in [0.15, 0.2) is 0 Å². The molecule has 22 heavy (non-hydrogen) atoms. The first-order chi connectivity index (χ1) is 10.6. The fourth-order valence-corrected chi connectivity index (χ4v) is 3.90. The lowest BCUT2D eigenvalue weighted by molar-refractivity contribution is 0.148. The van der Waals surface area contributed by atoms with E-state index in [1.165, 1.54) is 18.4 Å². The Morgan fingerprint density at radius 2 is 2.05 bits per heavy atom. The minimum Gasteiger partial charge on any atom is -0.401 e. The maximum Gasteiger partial charge on any atom is 0.0515 e. The highest BCUT2D eigenvalue weighted by Crippen LogP contribution is 2.34. The smallest absolute Gasteiger partial charge is 0.0515 e. The standard InChI is InChI=1S/C19H31N3/c1-5-7-17(20)19(14(2)3)22-13-6-8-18(22)15(4)16-9-11-21-12-10-16/h7,9-12,14-15,18-19H,5-6,8,13,20H2,1-4H3/b17-7-. The Morgan fingerprint density at radius 3 is 2.64 bits per heavy atom. The molecule has 1 aromatic heterocycles. The minimum atomic E-state index is 0.358. The third-order valence-corrected chi connectivity index (χ3v) is 4.92. The lowest BCUT2D eigenvalue weighted by Gasteiger charge is -2.38. The molecule has 0 aromatic carbocycles. The summed E-state index contributed by atoms with van der Waals surface area (Å²) < 4.78 is 0. The normalized spacial score (nSPS) is 23.0. The van der Waals surface area contributed by atoms with Crippen LogP contribution in [0.2, 0.25) is 0 Å². The molecule has 2 N–H and O–H groups in total. The van der Waals surface area contributed by atoms with Crippen molar-refractivity contribution in [2.45, 2.75) is 65.0 Å². The second-order valence-electron chi connectivity index (χ2n) is 6.82. The van der Waals surface area contributed by atoms with E-state index in [2.05, 4.69) is 55.8 Å². The fraction of sp³-hybridized carbons (Fsp3) is 0.632. The average molecular weight is 301 g/mol. The molecule has 1 aliphatic heterocycles. The van der Waals surface area contributed by atoms with Crippen molar-refractivity contribution in [1.29, 1.82) is 0 Å². The van der Waals surface area contributed by atoms with Gasteiger partial charge in [-0.2, -0.15) is 0 Å². The van der Waals surface area contributed by atoms with Gasteiger partial charge in [0.25, 0.3) is 0 Å². The van der Waals surface area contributed by atoms with Gasteiger partial charge in [-0.15, -0.1) is 0 Å². The van der Waals surface area contributed by atoms with Crippen molar-refractivity contribution < 1.29 is 0 Å². The molecule has 0 aliphatic carbocycles. The number of hydrogen-bond acceptors (Lipinski definition) is 3. The van der Waals surface area contributed by atoms with Crippen LogP contribution < -0.4 is 5.73 Å². The summed E-state index contributed by atoms with van der Waals surface area (Å²) in [6, 6.07) is 5.23. The van der Waals surface area contributed by atoms with Crippen LogP contribution in [0, 0.1) is 5.92 Å². The SMILES string of the molecule is CC/C=C(\N)C(C(C)C)N1CCCC1C(C)c1ccncc1. The average Bonchev–Trinajstić information content (AvgIpc) is 2.96. The van der Waals surface area contributed by atoms with Crippen molar-refractivity contribution in [3.63, 3.8) is 0 Å². The number of rotatable bonds is 6. The molecule has 0 saturated carbocycles. The number of pyridine rings is 1. The molecular formula is C19H31N3. The largest absolute Gasteiger partial charge is 0.401 e. The van der Waals surface area contributed by atoms with Gasteiger partial charge in [0, 0.05) is 24.1 Å². The molecule has 1 saturated heterocycles.